The van der Waals surface area contributed by atoms with Gasteiger partial charge >= 0.3 is 0 Å². The summed E-state index contributed by atoms with van der Waals surface area (Å²) < 4.78 is 26.0. The molecule has 2 rings (SSSR count). The summed E-state index contributed by atoms with van der Waals surface area (Å²) >= 11 is 5.77. The van der Waals surface area contributed by atoms with Gasteiger partial charge in [0.2, 0.25) is 5.91 Å². The number of rotatable bonds is 4. The van der Waals surface area contributed by atoms with Crippen LogP contribution in [0.1, 0.15) is 24.1 Å². The molecular formula is C16H14ClF2NO. The number of carbonyl (C=O) groups excluding carboxylic acids is 1. The highest BCUT2D eigenvalue weighted by Gasteiger charge is 2.12. The second-order valence-corrected chi connectivity index (χ2v) is 5.20. The van der Waals surface area contributed by atoms with Crippen LogP contribution in [0.4, 0.5) is 8.78 Å². The van der Waals surface area contributed by atoms with Crippen LogP contribution in [0, 0.1) is 11.6 Å². The second kappa shape index (κ2) is 6.68. The molecule has 0 spiro atoms. The van der Waals surface area contributed by atoms with Crippen molar-refractivity contribution in [3.63, 3.8) is 0 Å². The summed E-state index contributed by atoms with van der Waals surface area (Å²) in [6.07, 6.45) is 0.200. The van der Waals surface area contributed by atoms with E-state index in [0.29, 0.717) is 10.6 Å². The Hall–Kier alpha value is -1.94. The number of hydrogen-bond acceptors (Lipinski definition) is 1. The Morgan fingerprint density at radius 3 is 2.43 bits per heavy atom. The Bertz CT molecular complexity index is 643. The molecule has 21 heavy (non-hydrogen) atoms. The number of carbonyl (C=O) groups is 1. The SMILES string of the molecule is CC(NC(=O)Cc1ccc(Cl)cc1)c1ccc(F)c(F)c1. The topological polar surface area (TPSA) is 29.1 Å². The number of benzene rings is 2. The Morgan fingerprint density at radius 1 is 1.14 bits per heavy atom. The van der Waals surface area contributed by atoms with Crippen LogP contribution in [-0.2, 0) is 11.2 Å². The molecule has 0 bridgehead atoms. The van der Waals surface area contributed by atoms with Gasteiger partial charge in [0.1, 0.15) is 0 Å². The van der Waals surface area contributed by atoms with Crippen LogP contribution in [0.15, 0.2) is 42.5 Å². The molecule has 110 valence electrons. The number of hydrogen-bond donors (Lipinski definition) is 1. The smallest absolute Gasteiger partial charge is 0.224 e. The summed E-state index contributed by atoms with van der Waals surface area (Å²) in [4.78, 5) is 11.9. The first-order valence-corrected chi connectivity index (χ1v) is 6.82. The van der Waals surface area contributed by atoms with Crippen LogP contribution in [0.25, 0.3) is 0 Å². The lowest BCUT2D eigenvalue weighted by atomic mass is 10.1. The van der Waals surface area contributed by atoms with Crippen molar-refractivity contribution in [1.29, 1.82) is 0 Å². The quantitative estimate of drug-likeness (QED) is 0.907. The molecule has 0 radical (unpaired) electrons. The van der Waals surface area contributed by atoms with Crippen LogP contribution < -0.4 is 5.32 Å². The molecule has 5 heteroatoms. The predicted octanol–water partition coefficient (Wildman–Crippen LogP) is 4.04. The first-order chi connectivity index (χ1) is 9.95. The predicted molar refractivity (Wildman–Crippen MR) is 78.1 cm³/mol. The van der Waals surface area contributed by atoms with Crippen molar-refractivity contribution >= 4 is 17.5 Å². The van der Waals surface area contributed by atoms with E-state index in [1.807, 2.05) is 0 Å². The molecule has 2 aromatic rings. The number of halogens is 3. The Labute approximate surface area is 126 Å². The van der Waals surface area contributed by atoms with Gasteiger partial charge in [-0.2, -0.15) is 0 Å². The average molecular weight is 310 g/mol. The van der Waals surface area contributed by atoms with Crippen LogP contribution in [0.5, 0.6) is 0 Å². The third kappa shape index (κ3) is 4.26. The molecule has 0 fully saturated rings. The van der Waals surface area contributed by atoms with E-state index in [1.54, 1.807) is 31.2 Å². The highest BCUT2D eigenvalue weighted by Crippen LogP contribution is 2.16. The van der Waals surface area contributed by atoms with E-state index in [1.165, 1.54) is 6.07 Å². The molecule has 2 aromatic carbocycles. The highest BCUT2D eigenvalue weighted by atomic mass is 35.5. The van der Waals surface area contributed by atoms with E-state index in [-0.39, 0.29) is 12.3 Å². The fourth-order valence-electron chi connectivity index (χ4n) is 1.95. The van der Waals surface area contributed by atoms with Crippen molar-refractivity contribution in [1.82, 2.24) is 5.32 Å². The molecule has 0 saturated carbocycles. The molecule has 0 aliphatic carbocycles. The minimum absolute atomic E-state index is 0.199. The molecule has 1 atom stereocenters. The van der Waals surface area contributed by atoms with Gasteiger partial charge in [0.25, 0.3) is 0 Å². The van der Waals surface area contributed by atoms with Gasteiger partial charge in [-0.05, 0) is 42.3 Å². The van der Waals surface area contributed by atoms with Crippen molar-refractivity contribution in [2.24, 2.45) is 0 Å². The lowest BCUT2D eigenvalue weighted by molar-refractivity contribution is -0.121. The second-order valence-electron chi connectivity index (χ2n) is 4.77. The number of amides is 1. The number of nitrogens with one attached hydrogen (secondary N) is 1. The van der Waals surface area contributed by atoms with E-state index in [0.717, 1.165) is 17.7 Å². The summed E-state index contributed by atoms with van der Waals surface area (Å²) in [5, 5.41) is 3.35. The van der Waals surface area contributed by atoms with E-state index in [9.17, 15) is 13.6 Å². The molecule has 1 amide bonds. The molecule has 0 aliphatic rings. The summed E-state index contributed by atoms with van der Waals surface area (Å²) in [5.74, 6) is -2.03. The monoisotopic (exact) mass is 309 g/mol. The summed E-state index contributed by atoms with van der Waals surface area (Å²) in [6.45, 7) is 1.71. The van der Waals surface area contributed by atoms with Gasteiger partial charge in [-0.15, -0.1) is 0 Å². The van der Waals surface area contributed by atoms with Gasteiger partial charge in [0, 0.05) is 5.02 Å². The molecule has 0 aromatic heterocycles. The Balaban J connectivity index is 1.98. The van der Waals surface area contributed by atoms with Crippen LogP contribution in [0.2, 0.25) is 5.02 Å². The maximum absolute atomic E-state index is 13.2. The van der Waals surface area contributed by atoms with E-state index >= 15 is 0 Å². The van der Waals surface area contributed by atoms with Crippen molar-refractivity contribution < 1.29 is 13.6 Å². The lowest BCUT2D eigenvalue weighted by Gasteiger charge is -2.14. The zero-order valence-electron chi connectivity index (χ0n) is 11.4. The average Bonchev–Trinajstić information content (AvgIpc) is 2.44. The minimum Gasteiger partial charge on any atom is -0.349 e. The van der Waals surface area contributed by atoms with Crippen LogP contribution in [-0.4, -0.2) is 5.91 Å². The van der Waals surface area contributed by atoms with Crippen molar-refractivity contribution in [3.8, 4) is 0 Å². The molecule has 0 heterocycles. The van der Waals surface area contributed by atoms with Gasteiger partial charge in [-0.25, -0.2) is 8.78 Å². The normalized spacial score (nSPS) is 12.0. The van der Waals surface area contributed by atoms with Crippen molar-refractivity contribution in [2.45, 2.75) is 19.4 Å². The van der Waals surface area contributed by atoms with Gasteiger partial charge < -0.3 is 5.32 Å². The maximum atomic E-state index is 13.2. The van der Waals surface area contributed by atoms with Crippen LogP contribution in [0.3, 0.4) is 0 Å². The van der Waals surface area contributed by atoms with Crippen molar-refractivity contribution in [3.05, 3.63) is 70.2 Å². The molecule has 0 aliphatic heterocycles. The molecule has 1 unspecified atom stereocenters. The van der Waals surface area contributed by atoms with E-state index in [4.69, 9.17) is 11.6 Å². The molecule has 1 N–H and O–H groups in total. The lowest BCUT2D eigenvalue weighted by Crippen LogP contribution is -2.28. The minimum atomic E-state index is -0.925. The van der Waals surface area contributed by atoms with Crippen LogP contribution >= 0.6 is 11.6 Å². The third-order valence-corrected chi connectivity index (χ3v) is 3.35. The van der Waals surface area contributed by atoms with Gasteiger partial charge in [-0.3, -0.25) is 4.79 Å². The first-order valence-electron chi connectivity index (χ1n) is 6.44. The fourth-order valence-corrected chi connectivity index (χ4v) is 2.07. The largest absolute Gasteiger partial charge is 0.349 e. The summed E-state index contributed by atoms with van der Waals surface area (Å²) in [5.41, 5.74) is 1.34. The van der Waals surface area contributed by atoms with E-state index < -0.39 is 17.7 Å². The zero-order chi connectivity index (χ0) is 15.4. The van der Waals surface area contributed by atoms with Gasteiger partial charge in [0.05, 0.1) is 12.5 Å². The van der Waals surface area contributed by atoms with Gasteiger partial charge in [0.15, 0.2) is 11.6 Å². The fraction of sp³-hybridized carbons (Fsp3) is 0.188. The summed E-state index contributed by atoms with van der Waals surface area (Å²) in [6, 6.07) is 10.1. The Morgan fingerprint density at radius 2 is 1.81 bits per heavy atom. The molecular weight excluding hydrogens is 296 g/mol. The first kappa shape index (κ1) is 15.4. The van der Waals surface area contributed by atoms with Gasteiger partial charge in [-0.1, -0.05) is 29.8 Å². The standard InChI is InChI=1S/C16H14ClF2NO/c1-10(12-4-7-14(18)15(19)9-12)20-16(21)8-11-2-5-13(17)6-3-11/h2-7,9-10H,8H2,1H3,(H,20,21). The van der Waals surface area contributed by atoms with Crippen molar-refractivity contribution in [2.75, 3.05) is 0 Å². The zero-order valence-corrected chi connectivity index (χ0v) is 12.1. The maximum Gasteiger partial charge on any atom is 0.224 e. The highest BCUT2D eigenvalue weighted by molar-refractivity contribution is 6.30. The summed E-state index contributed by atoms with van der Waals surface area (Å²) in [7, 11) is 0. The Kier molecular flexibility index (Phi) is 4.91. The molecule has 0 saturated heterocycles. The third-order valence-electron chi connectivity index (χ3n) is 3.10. The molecule has 2 nitrogen and oxygen atoms in total. The van der Waals surface area contributed by atoms with E-state index in [2.05, 4.69) is 5.32 Å².